The van der Waals surface area contributed by atoms with E-state index in [1.54, 1.807) is 29.3 Å². The minimum absolute atomic E-state index is 0.0535. The minimum Gasteiger partial charge on any atom is -0.453 e. The molecular weight excluding hydrogens is 581 g/mol. The number of aromatic nitrogens is 2. The second kappa shape index (κ2) is 13.2. The zero-order chi connectivity index (χ0) is 30.6. The van der Waals surface area contributed by atoms with Crippen molar-refractivity contribution in [3.63, 3.8) is 0 Å². The predicted octanol–water partition coefficient (Wildman–Crippen LogP) is 5.62. The molecule has 228 valence electrons. The fourth-order valence-electron chi connectivity index (χ4n) is 5.26. The molecule has 9 nitrogen and oxygen atoms in total. The van der Waals surface area contributed by atoms with Crippen LogP contribution in [0.25, 0.3) is 20.8 Å². The first-order chi connectivity index (χ1) is 21.3. The second-order valence-electron chi connectivity index (χ2n) is 11.5. The van der Waals surface area contributed by atoms with E-state index in [0.717, 1.165) is 58.8 Å². The summed E-state index contributed by atoms with van der Waals surface area (Å²) in [5.41, 5.74) is 3.27. The molecule has 0 bridgehead atoms. The summed E-state index contributed by atoms with van der Waals surface area (Å²) in [6.07, 6.45) is 6.56. The van der Waals surface area contributed by atoms with E-state index >= 15 is 0 Å². The molecule has 1 aliphatic carbocycles. The molecule has 2 aliphatic rings. The number of nitrogens with zero attached hydrogens (tertiary/aromatic N) is 4. The Hall–Kier alpha value is -4.22. The molecule has 4 heterocycles. The van der Waals surface area contributed by atoms with Gasteiger partial charge in [0.05, 0.1) is 27.3 Å². The number of nitrogens with one attached hydrogen (secondary N) is 1. The molecule has 11 heteroatoms. The van der Waals surface area contributed by atoms with E-state index in [9.17, 15) is 18.8 Å². The summed E-state index contributed by atoms with van der Waals surface area (Å²) in [7, 11) is 0. The van der Waals surface area contributed by atoms with Gasteiger partial charge in [-0.25, -0.2) is 9.18 Å². The number of ether oxygens (including phenoxy) is 1. The van der Waals surface area contributed by atoms with E-state index < -0.39 is 5.82 Å². The van der Waals surface area contributed by atoms with E-state index in [1.165, 1.54) is 24.3 Å². The van der Waals surface area contributed by atoms with Gasteiger partial charge in [0.1, 0.15) is 17.3 Å². The highest BCUT2D eigenvalue weighted by atomic mass is 32.1. The summed E-state index contributed by atoms with van der Waals surface area (Å²) in [5.74, 6) is 0.704. The van der Waals surface area contributed by atoms with Gasteiger partial charge in [-0.05, 0) is 61.1 Å². The standard InChI is InChI=1S/C33H34FN5O4S/c1-21(40)18-37-33(42)39-12-10-38(11-13-39)20-24-4-6-27(36-19-24)31-17-28-32(44-31)30(8-9-35-28)43-29-7-5-23(16-26(29)34)15-25(41)14-22-2-3-22/h4-9,16-17,19,22H,2-3,10-15,18,20H2,1H3,(H,37,42). The number of rotatable bonds is 11. The van der Waals surface area contributed by atoms with Crippen LogP contribution in [0.5, 0.6) is 11.5 Å². The second-order valence-corrected chi connectivity index (χ2v) is 12.6. The van der Waals surface area contributed by atoms with Gasteiger partial charge in [0, 0.05) is 64.0 Å². The van der Waals surface area contributed by atoms with Crippen LogP contribution in [0, 0.1) is 11.7 Å². The highest BCUT2D eigenvalue weighted by Crippen LogP contribution is 2.39. The summed E-state index contributed by atoms with van der Waals surface area (Å²) in [6, 6.07) is 12.2. The Labute approximate surface area is 259 Å². The average Bonchev–Trinajstić information content (AvgIpc) is 3.71. The third kappa shape index (κ3) is 7.46. The number of urea groups is 1. The van der Waals surface area contributed by atoms with Crippen LogP contribution in [0.3, 0.4) is 0 Å². The fourth-order valence-corrected chi connectivity index (χ4v) is 6.31. The third-order valence-corrected chi connectivity index (χ3v) is 9.00. The van der Waals surface area contributed by atoms with E-state index in [1.807, 2.05) is 18.3 Å². The topological polar surface area (TPSA) is 105 Å². The number of amides is 2. The number of benzene rings is 1. The van der Waals surface area contributed by atoms with Crippen LogP contribution in [0.1, 0.15) is 37.3 Å². The van der Waals surface area contributed by atoms with Crippen LogP contribution in [-0.2, 0) is 22.6 Å². The maximum absolute atomic E-state index is 15.0. The molecule has 3 aromatic heterocycles. The summed E-state index contributed by atoms with van der Waals surface area (Å²) in [6.45, 7) is 4.90. The van der Waals surface area contributed by atoms with E-state index in [4.69, 9.17) is 9.72 Å². The quantitative estimate of drug-likeness (QED) is 0.234. The maximum atomic E-state index is 15.0. The third-order valence-electron chi connectivity index (χ3n) is 7.84. The molecule has 2 amide bonds. The van der Waals surface area contributed by atoms with Gasteiger partial charge in [0.2, 0.25) is 0 Å². The van der Waals surface area contributed by atoms with Crippen molar-refractivity contribution in [1.82, 2.24) is 25.1 Å². The molecule has 0 spiro atoms. The van der Waals surface area contributed by atoms with Crippen LogP contribution in [0.2, 0.25) is 0 Å². The number of carbonyl (C=O) groups excluding carboxylic acids is 3. The SMILES string of the molecule is CC(=O)CNC(=O)N1CCN(Cc2ccc(-c3cc4nccc(Oc5ccc(CC(=O)CC6CC6)cc5F)c4s3)nc2)CC1. The lowest BCUT2D eigenvalue weighted by atomic mass is 10.0. The zero-order valence-corrected chi connectivity index (χ0v) is 25.4. The Balaban J connectivity index is 1.07. The van der Waals surface area contributed by atoms with Crippen molar-refractivity contribution in [2.75, 3.05) is 32.7 Å². The molecule has 1 N–H and O–H groups in total. The smallest absolute Gasteiger partial charge is 0.317 e. The number of halogens is 1. The normalized spacial score (nSPS) is 15.4. The number of fused-ring (bicyclic) bond motifs is 1. The summed E-state index contributed by atoms with van der Waals surface area (Å²) in [5, 5.41) is 2.65. The number of ketones is 2. The van der Waals surface area contributed by atoms with E-state index in [-0.39, 0.29) is 36.3 Å². The molecular formula is C33H34FN5O4S. The molecule has 1 saturated heterocycles. The Bertz CT molecular complexity index is 1680. The molecule has 2 fully saturated rings. The van der Waals surface area contributed by atoms with Crippen molar-refractivity contribution in [2.45, 2.75) is 39.2 Å². The molecule has 0 atom stereocenters. The van der Waals surface area contributed by atoms with Crippen LogP contribution in [0.15, 0.2) is 54.9 Å². The molecule has 1 aromatic carbocycles. The van der Waals surface area contributed by atoms with Gasteiger partial charge in [-0.2, -0.15) is 0 Å². The van der Waals surface area contributed by atoms with Gasteiger partial charge >= 0.3 is 6.03 Å². The number of piperazine rings is 1. The summed E-state index contributed by atoms with van der Waals surface area (Å²) in [4.78, 5) is 49.6. The first kappa shape index (κ1) is 29.8. The van der Waals surface area contributed by atoms with Crippen molar-refractivity contribution in [2.24, 2.45) is 5.92 Å². The van der Waals surface area contributed by atoms with Crippen molar-refractivity contribution in [3.8, 4) is 22.1 Å². The first-order valence-corrected chi connectivity index (χ1v) is 15.7. The van der Waals surface area contributed by atoms with Crippen LogP contribution >= 0.6 is 11.3 Å². The fraction of sp³-hybridized carbons (Fsp3) is 0.364. The Kier molecular flexibility index (Phi) is 8.94. The monoisotopic (exact) mass is 615 g/mol. The number of pyridine rings is 2. The van der Waals surface area contributed by atoms with Gasteiger partial charge in [-0.3, -0.25) is 24.5 Å². The van der Waals surface area contributed by atoms with Crippen molar-refractivity contribution in [3.05, 3.63) is 71.8 Å². The lowest BCUT2D eigenvalue weighted by Crippen LogP contribution is -2.52. The minimum atomic E-state index is -0.501. The highest BCUT2D eigenvalue weighted by molar-refractivity contribution is 7.22. The molecule has 44 heavy (non-hydrogen) atoms. The van der Waals surface area contributed by atoms with Gasteiger partial charge in [-0.15, -0.1) is 11.3 Å². The molecule has 1 aliphatic heterocycles. The van der Waals surface area contributed by atoms with Gasteiger partial charge in [0.25, 0.3) is 0 Å². The van der Waals surface area contributed by atoms with Gasteiger partial charge in [0.15, 0.2) is 11.6 Å². The van der Waals surface area contributed by atoms with Crippen LogP contribution in [0.4, 0.5) is 9.18 Å². The van der Waals surface area contributed by atoms with E-state index in [0.29, 0.717) is 36.7 Å². The van der Waals surface area contributed by atoms with Crippen LogP contribution < -0.4 is 10.1 Å². The first-order valence-electron chi connectivity index (χ1n) is 14.9. The number of carbonyl (C=O) groups is 3. The lowest BCUT2D eigenvalue weighted by molar-refractivity contribution is -0.119. The largest absolute Gasteiger partial charge is 0.453 e. The Morgan fingerprint density at radius 2 is 1.80 bits per heavy atom. The summed E-state index contributed by atoms with van der Waals surface area (Å²) >= 11 is 1.48. The average molecular weight is 616 g/mol. The summed E-state index contributed by atoms with van der Waals surface area (Å²) < 4.78 is 21.7. The van der Waals surface area contributed by atoms with Crippen molar-refractivity contribution >= 4 is 39.2 Å². The highest BCUT2D eigenvalue weighted by Gasteiger charge is 2.25. The molecule has 1 saturated carbocycles. The Morgan fingerprint density at radius 1 is 1.00 bits per heavy atom. The number of Topliss-reactive ketones (excluding diaryl/α,β-unsaturated/α-hetero) is 2. The Morgan fingerprint density at radius 3 is 2.50 bits per heavy atom. The predicted molar refractivity (Wildman–Crippen MR) is 166 cm³/mol. The molecule has 0 radical (unpaired) electrons. The van der Waals surface area contributed by atoms with Crippen molar-refractivity contribution < 1.29 is 23.5 Å². The zero-order valence-electron chi connectivity index (χ0n) is 24.6. The van der Waals surface area contributed by atoms with Gasteiger partial charge in [-0.1, -0.05) is 12.1 Å². The molecule has 4 aromatic rings. The molecule has 0 unspecified atom stereocenters. The van der Waals surface area contributed by atoms with E-state index in [2.05, 4.69) is 21.3 Å². The lowest BCUT2D eigenvalue weighted by Gasteiger charge is -2.34. The number of hydrogen-bond acceptors (Lipinski definition) is 8. The maximum Gasteiger partial charge on any atom is 0.317 e. The van der Waals surface area contributed by atoms with Crippen molar-refractivity contribution in [1.29, 1.82) is 0 Å². The van der Waals surface area contributed by atoms with Crippen LogP contribution in [-0.4, -0.2) is 70.1 Å². The number of thiophene rings is 1. The molecule has 6 rings (SSSR count). The van der Waals surface area contributed by atoms with Gasteiger partial charge < -0.3 is 15.0 Å². The number of hydrogen-bond donors (Lipinski definition) is 1.